The topological polar surface area (TPSA) is 42.7 Å². The summed E-state index contributed by atoms with van der Waals surface area (Å²) >= 11 is 1.75. The highest BCUT2D eigenvalue weighted by molar-refractivity contribution is 7.09. The van der Waals surface area contributed by atoms with E-state index in [-0.39, 0.29) is 0 Å². The zero-order valence-electron chi connectivity index (χ0n) is 13.9. The summed E-state index contributed by atoms with van der Waals surface area (Å²) < 4.78 is 8.00. The first-order valence-corrected chi connectivity index (χ1v) is 9.27. The molecular weight excluding hydrogens is 320 g/mol. The highest BCUT2D eigenvalue weighted by atomic mass is 32.1. The molecule has 3 aromatic heterocycles. The van der Waals surface area contributed by atoms with Crippen molar-refractivity contribution < 1.29 is 4.74 Å². The van der Waals surface area contributed by atoms with Crippen LogP contribution in [0.5, 0.6) is 0 Å². The van der Waals surface area contributed by atoms with Gasteiger partial charge in [0, 0.05) is 49.0 Å². The van der Waals surface area contributed by atoms with Gasteiger partial charge in [-0.25, -0.2) is 4.98 Å². The summed E-state index contributed by atoms with van der Waals surface area (Å²) in [6, 6.07) is 4.21. The number of hydrogen-bond acceptors (Lipinski definition) is 5. The molecule has 3 aromatic rings. The van der Waals surface area contributed by atoms with Crippen LogP contribution >= 0.6 is 11.3 Å². The molecule has 4 heterocycles. The van der Waals surface area contributed by atoms with E-state index in [1.807, 2.05) is 17.9 Å². The van der Waals surface area contributed by atoms with Crippen molar-refractivity contribution in [3.8, 4) is 0 Å². The molecule has 0 unspecified atom stereocenters. The predicted octanol–water partition coefficient (Wildman–Crippen LogP) is 2.79. The average Bonchev–Trinajstić information content (AvgIpc) is 3.15. The Morgan fingerprint density at radius 1 is 1.33 bits per heavy atom. The van der Waals surface area contributed by atoms with Crippen LogP contribution < -0.4 is 0 Å². The van der Waals surface area contributed by atoms with Crippen molar-refractivity contribution in [3.05, 3.63) is 52.5 Å². The minimum Gasteiger partial charge on any atom is -0.380 e. The van der Waals surface area contributed by atoms with Crippen LogP contribution in [-0.4, -0.2) is 45.6 Å². The molecule has 0 radical (unpaired) electrons. The Morgan fingerprint density at radius 2 is 2.29 bits per heavy atom. The summed E-state index contributed by atoms with van der Waals surface area (Å²) in [7, 11) is 0. The molecule has 0 bridgehead atoms. The van der Waals surface area contributed by atoms with Crippen LogP contribution in [0, 0.1) is 12.8 Å². The van der Waals surface area contributed by atoms with Gasteiger partial charge < -0.3 is 9.14 Å². The number of hydrogen-bond donors (Lipinski definition) is 0. The van der Waals surface area contributed by atoms with E-state index in [2.05, 4.69) is 44.5 Å². The fourth-order valence-corrected chi connectivity index (χ4v) is 4.18. The number of fused-ring (bicyclic) bond motifs is 1. The van der Waals surface area contributed by atoms with Gasteiger partial charge in [0.25, 0.3) is 0 Å². The molecule has 1 atom stereocenters. The summed E-state index contributed by atoms with van der Waals surface area (Å²) in [5.41, 5.74) is 5.45. The van der Waals surface area contributed by atoms with Gasteiger partial charge in [0.15, 0.2) is 0 Å². The van der Waals surface area contributed by atoms with Gasteiger partial charge in [-0.2, -0.15) is 0 Å². The van der Waals surface area contributed by atoms with E-state index >= 15 is 0 Å². The van der Waals surface area contributed by atoms with Crippen LogP contribution in [0.2, 0.25) is 0 Å². The smallest absolute Gasteiger partial charge is 0.0798 e. The summed E-state index contributed by atoms with van der Waals surface area (Å²) in [6.45, 7) is 6.70. The van der Waals surface area contributed by atoms with Crippen molar-refractivity contribution >= 4 is 16.9 Å². The van der Waals surface area contributed by atoms with E-state index in [1.165, 1.54) is 10.4 Å². The molecule has 0 N–H and O–H groups in total. The maximum absolute atomic E-state index is 5.86. The molecule has 1 saturated heterocycles. The Labute approximate surface area is 145 Å². The molecule has 24 heavy (non-hydrogen) atoms. The average molecular weight is 342 g/mol. The Bertz CT molecular complexity index is 812. The van der Waals surface area contributed by atoms with E-state index < -0.39 is 0 Å². The number of aryl methyl sites for hydroxylation is 1. The van der Waals surface area contributed by atoms with Crippen LogP contribution in [0.4, 0.5) is 0 Å². The van der Waals surface area contributed by atoms with Crippen LogP contribution in [0.25, 0.3) is 5.52 Å². The number of thiazole rings is 1. The fourth-order valence-electron chi connectivity index (χ4n) is 3.36. The molecule has 0 aromatic carbocycles. The van der Waals surface area contributed by atoms with Crippen LogP contribution in [0.1, 0.15) is 16.3 Å². The lowest BCUT2D eigenvalue weighted by Gasteiger charge is -2.23. The molecule has 0 spiro atoms. The Kier molecular flexibility index (Phi) is 4.60. The second-order valence-electron chi connectivity index (χ2n) is 6.42. The lowest BCUT2D eigenvalue weighted by Crippen LogP contribution is -2.30. The quantitative estimate of drug-likeness (QED) is 0.731. The standard InChI is InChI=1S/C18H22N4OS/c1-14-18(24-13-20-14)11-21-7-8-23-12-15(10-21)9-16-17-3-2-5-22(17)6-4-19-16/h2-6,13,15H,7-12H2,1H3/t15-/m1/s1. The number of rotatable bonds is 4. The number of ether oxygens (including phenoxy) is 1. The highest BCUT2D eigenvalue weighted by Gasteiger charge is 2.21. The summed E-state index contributed by atoms with van der Waals surface area (Å²) in [5.74, 6) is 0.467. The van der Waals surface area contributed by atoms with E-state index in [0.29, 0.717) is 5.92 Å². The molecule has 4 rings (SSSR count). The third-order valence-corrected chi connectivity index (χ3v) is 5.57. The largest absolute Gasteiger partial charge is 0.380 e. The maximum atomic E-state index is 5.86. The zero-order chi connectivity index (χ0) is 16.4. The Morgan fingerprint density at radius 3 is 3.17 bits per heavy atom. The zero-order valence-corrected chi connectivity index (χ0v) is 14.7. The third kappa shape index (κ3) is 3.36. The van der Waals surface area contributed by atoms with Crippen LogP contribution in [0.15, 0.2) is 36.2 Å². The first kappa shape index (κ1) is 15.7. The highest BCUT2D eigenvalue weighted by Crippen LogP contribution is 2.20. The second-order valence-corrected chi connectivity index (χ2v) is 7.36. The van der Waals surface area contributed by atoms with Gasteiger partial charge in [-0.05, 0) is 25.5 Å². The van der Waals surface area contributed by atoms with Crippen molar-refractivity contribution in [3.63, 3.8) is 0 Å². The predicted molar refractivity (Wildman–Crippen MR) is 95.3 cm³/mol. The molecule has 0 amide bonds. The summed E-state index contributed by atoms with van der Waals surface area (Å²) in [5, 5.41) is 0. The number of aromatic nitrogens is 3. The maximum Gasteiger partial charge on any atom is 0.0798 e. The van der Waals surface area contributed by atoms with Gasteiger partial charge in [-0.15, -0.1) is 11.3 Å². The molecular formula is C18H22N4OS. The van der Waals surface area contributed by atoms with E-state index in [4.69, 9.17) is 4.74 Å². The minimum atomic E-state index is 0.467. The molecule has 126 valence electrons. The van der Waals surface area contributed by atoms with Crippen molar-refractivity contribution in [2.75, 3.05) is 26.3 Å². The fraction of sp³-hybridized carbons (Fsp3) is 0.444. The van der Waals surface area contributed by atoms with E-state index in [0.717, 1.165) is 50.7 Å². The van der Waals surface area contributed by atoms with E-state index in [9.17, 15) is 0 Å². The molecule has 1 aliphatic heterocycles. The van der Waals surface area contributed by atoms with Gasteiger partial charge in [0.05, 0.1) is 35.6 Å². The first-order chi connectivity index (χ1) is 11.8. The van der Waals surface area contributed by atoms with Crippen molar-refractivity contribution in [2.45, 2.75) is 19.9 Å². The van der Waals surface area contributed by atoms with Gasteiger partial charge >= 0.3 is 0 Å². The van der Waals surface area contributed by atoms with Crippen LogP contribution in [-0.2, 0) is 17.7 Å². The Balaban J connectivity index is 1.48. The van der Waals surface area contributed by atoms with Gasteiger partial charge in [-0.1, -0.05) is 0 Å². The minimum absolute atomic E-state index is 0.467. The first-order valence-electron chi connectivity index (χ1n) is 8.39. The molecule has 0 saturated carbocycles. The SMILES string of the molecule is Cc1ncsc1CN1CCOC[C@H](Cc2nccn3cccc23)C1. The molecule has 5 nitrogen and oxygen atoms in total. The van der Waals surface area contributed by atoms with Gasteiger partial charge in [0.2, 0.25) is 0 Å². The summed E-state index contributed by atoms with van der Waals surface area (Å²) in [6.07, 6.45) is 6.91. The molecule has 1 fully saturated rings. The normalized spacial score (nSPS) is 19.6. The number of nitrogens with zero attached hydrogens (tertiary/aromatic N) is 4. The van der Waals surface area contributed by atoms with Crippen molar-refractivity contribution in [2.24, 2.45) is 5.92 Å². The lowest BCUT2D eigenvalue weighted by atomic mass is 10.0. The molecule has 6 heteroatoms. The van der Waals surface area contributed by atoms with E-state index in [1.54, 1.807) is 11.3 Å². The second kappa shape index (κ2) is 7.01. The summed E-state index contributed by atoms with van der Waals surface area (Å²) in [4.78, 5) is 12.8. The van der Waals surface area contributed by atoms with Crippen molar-refractivity contribution in [1.82, 2.24) is 19.3 Å². The molecule has 1 aliphatic rings. The molecule has 0 aliphatic carbocycles. The van der Waals surface area contributed by atoms with Gasteiger partial charge in [0.1, 0.15) is 0 Å². The van der Waals surface area contributed by atoms with Crippen molar-refractivity contribution in [1.29, 1.82) is 0 Å². The third-order valence-electron chi connectivity index (χ3n) is 4.65. The van der Waals surface area contributed by atoms with Gasteiger partial charge in [-0.3, -0.25) is 9.88 Å². The van der Waals surface area contributed by atoms with Crippen LogP contribution in [0.3, 0.4) is 0 Å². The monoisotopic (exact) mass is 342 g/mol. The Hall–Kier alpha value is -1.76. The lowest BCUT2D eigenvalue weighted by molar-refractivity contribution is 0.121.